The molecule has 0 atom stereocenters. The Kier molecular flexibility index (Phi) is 7.16. The summed E-state index contributed by atoms with van der Waals surface area (Å²) in [6, 6.07) is 7.81. The summed E-state index contributed by atoms with van der Waals surface area (Å²) < 4.78 is 45.4. The number of carbonyl (C=O) groups is 1. The molecule has 0 spiro atoms. The van der Waals surface area contributed by atoms with E-state index in [0.717, 1.165) is 36.3 Å². The molecule has 1 aliphatic heterocycles. The second-order valence-corrected chi connectivity index (χ2v) is 6.68. The summed E-state index contributed by atoms with van der Waals surface area (Å²) in [4.78, 5) is 16.1. The van der Waals surface area contributed by atoms with Gasteiger partial charge >= 0.3 is 0 Å². The number of rotatable bonds is 7. The van der Waals surface area contributed by atoms with Gasteiger partial charge in [0.15, 0.2) is 23.4 Å². The van der Waals surface area contributed by atoms with Gasteiger partial charge in [-0.2, -0.15) is 0 Å². The topological polar surface area (TPSA) is 74.8 Å². The Morgan fingerprint density at radius 3 is 2.77 bits per heavy atom. The first-order valence-corrected chi connectivity index (χ1v) is 9.68. The van der Waals surface area contributed by atoms with Crippen molar-refractivity contribution in [3.63, 3.8) is 0 Å². The molecule has 0 saturated carbocycles. The molecule has 160 valence electrons. The van der Waals surface area contributed by atoms with Crippen molar-refractivity contribution < 1.29 is 22.7 Å². The maximum absolute atomic E-state index is 13.7. The number of hydrogen-bond acceptors (Lipinski definition) is 3. The number of guanidine groups is 1. The van der Waals surface area contributed by atoms with Crippen molar-refractivity contribution in [2.45, 2.75) is 19.8 Å². The maximum Gasteiger partial charge on any atom is 0.246 e. The van der Waals surface area contributed by atoms with E-state index in [1.165, 1.54) is 5.56 Å². The zero-order valence-electron chi connectivity index (χ0n) is 16.5. The number of nitrogens with one attached hydrogen (secondary N) is 3. The molecule has 1 heterocycles. The highest BCUT2D eigenvalue weighted by atomic mass is 19.2. The molecule has 0 aromatic heterocycles. The van der Waals surface area contributed by atoms with E-state index in [4.69, 9.17) is 4.74 Å². The highest BCUT2D eigenvalue weighted by molar-refractivity contribution is 5.94. The van der Waals surface area contributed by atoms with Crippen LogP contribution in [0.3, 0.4) is 0 Å². The first-order valence-electron chi connectivity index (χ1n) is 9.68. The summed E-state index contributed by atoms with van der Waals surface area (Å²) in [5.74, 6) is -3.71. The number of fused-ring (bicyclic) bond motifs is 1. The van der Waals surface area contributed by atoms with Crippen LogP contribution in [0.1, 0.15) is 18.1 Å². The molecule has 0 aliphatic carbocycles. The van der Waals surface area contributed by atoms with Crippen molar-refractivity contribution >= 4 is 17.6 Å². The Balaban J connectivity index is 1.52. The molecule has 9 heteroatoms. The van der Waals surface area contributed by atoms with Gasteiger partial charge in [0, 0.05) is 19.5 Å². The quantitative estimate of drug-likeness (QED) is 0.366. The molecule has 0 bridgehead atoms. The van der Waals surface area contributed by atoms with Gasteiger partial charge < -0.3 is 20.7 Å². The Bertz CT molecular complexity index is 950. The van der Waals surface area contributed by atoms with Crippen molar-refractivity contribution in [1.29, 1.82) is 0 Å². The molecule has 0 radical (unpaired) electrons. The van der Waals surface area contributed by atoms with Crippen LogP contribution in [0.2, 0.25) is 0 Å². The lowest BCUT2D eigenvalue weighted by Crippen LogP contribution is -2.39. The number of ether oxygens (including phenoxy) is 1. The molecule has 3 N–H and O–H groups in total. The molecule has 0 unspecified atom stereocenters. The van der Waals surface area contributed by atoms with Crippen LogP contribution in [0, 0.1) is 17.5 Å². The molecule has 6 nitrogen and oxygen atoms in total. The highest BCUT2D eigenvalue weighted by Gasteiger charge is 2.15. The summed E-state index contributed by atoms with van der Waals surface area (Å²) in [7, 11) is 0. The van der Waals surface area contributed by atoms with Crippen molar-refractivity contribution in [2.24, 2.45) is 4.99 Å². The molecule has 1 amide bonds. The molecule has 0 saturated heterocycles. The van der Waals surface area contributed by atoms with Crippen molar-refractivity contribution in [3.8, 4) is 5.75 Å². The van der Waals surface area contributed by atoms with Crippen molar-refractivity contribution in [3.05, 3.63) is 58.9 Å². The van der Waals surface area contributed by atoms with Crippen LogP contribution in [0.4, 0.5) is 18.9 Å². The van der Waals surface area contributed by atoms with Gasteiger partial charge in [-0.25, -0.2) is 18.2 Å². The van der Waals surface area contributed by atoms with E-state index in [1.807, 2.05) is 19.1 Å². The fraction of sp³-hybridized carbons (Fsp3) is 0.333. The SMILES string of the molecule is CCNC(=NCC(=O)Nc1ccc(F)c(F)c1F)NCCc1ccc2c(c1)CCO2. The van der Waals surface area contributed by atoms with Gasteiger partial charge in [-0.15, -0.1) is 0 Å². The van der Waals surface area contributed by atoms with Gasteiger partial charge in [-0.05, 0) is 42.7 Å². The van der Waals surface area contributed by atoms with Crippen LogP contribution in [-0.4, -0.2) is 38.1 Å². The molecular formula is C21H23F3N4O2. The minimum absolute atomic E-state index is 0.316. The third-order valence-corrected chi connectivity index (χ3v) is 4.49. The predicted molar refractivity (Wildman–Crippen MR) is 108 cm³/mol. The second-order valence-electron chi connectivity index (χ2n) is 6.68. The zero-order chi connectivity index (χ0) is 21.5. The largest absolute Gasteiger partial charge is 0.493 e. The molecule has 3 rings (SSSR count). The lowest BCUT2D eigenvalue weighted by molar-refractivity contribution is -0.114. The molecule has 2 aromatic carbocycles. The van der Waals surface area contributed by atoms with E-state index in [2.05, 4.69) is 27.0 Å². The van der Waals surface area contributed by atoms with Crippen LogP contribution in [0.5, 0.6) is 5.75 Å². The van der Waals surface area contributed by atoms with E-state index in [1.54, 1.807) is 0 Å². The number of hydrogen-bond donors (Lipinski definition) is 3. The predicted octanol–water partition coefficient (Wildman–Crippen LogP) is 2.78. The van der Waals surface area contributed by atoms with Crippen LogP contribution in [-0.2, 0) is 17.6 Å². The second kappa shape index (κ2) is 10.00. The van der Waals surface area contributed by atoms with Crippen LogP contribution in [0.15, 0.2) is 35.3 Å². The fourth-order valence-electron chi connectivity index (χ4n) is 3.03. The van der Waals surface area contributed by atoms with Crippen molar-refractivity contribution in [2.75, 3.05) is 31.6 Å². The number of aliphatic imine (C=N–C) groups is 1. The molecule has 2 aromatic rings. The molecule has 0 fully saturated rings. The van der Waals surface area contributed by atoms with Crippen LogP contribution < -0.4 is 20.7 Å². The lowest BCUT2D eigenvalue weighted by Gasteiger charge is -2.12. The van der Waals surface area contributed by atoms with Crippen molar-refractivity contribution in [1.82, 2.24) is 10.6 Å². The third-order valence-electron chi connectivity index (χ3n) is 4.49. The summed E-state index contributed by atoms with van der Waals surface area (Å²) in [5.41, 5.74) is 1.93. The first kappa shape index (κ1) is 21.5. The number of amides is 1. The average molecular weight is 420 g/mol. The Morgan fingerprint density at radius 2 is 1.97 bits per heavy atom. The Labute approximate surface area is 172 Å². The monoisotopic (exact) mass is 420 g/mol. The summed E-state index contributed by atoms with van der Waals surface area (Å²) in [6.45, 7) is 3.45. The van der Waals surface area contributed by atoms with E-state index in [-0.39, 0.29) is 6.54 Å². The maximum atomic E-state index is 13.7. The van der Waals surface area contributed by atoms with E-state index < -0.39 is 29.0 Å². The minimum Gasteiger partial charge on any atom is -0.493 e. The highest BCUT2D eigenvalue weighted by Crippen LogP contribution is 2.25. The number of carbonyl (C=O) groups excluding carboxylic acids is 1. The summed E-state index contributed by atoms with van der Waals surface area (Å²) in [5, 5.41) is 8.33. The Morgan fingerprint density at radius 1 is 1.13 bits per heavy atom. The minimum atomic E-state index is -1.63. The standard InChI is InChI=1S/C21H23F3N4O2/c1-2-25-21(26-9-7-13-3-6-17-14(11-13)8-10-30-17)27-12-18(29)28-16-5-4-15(22)19(23)20(16)24/h3-6,11H,2,7-10,12H2,1H3,(H,28,29)(H2,25,26,27). The third kappa shape index (κ3) is 5.43. The number of benzene rings is 2. The average Bonchev–Trinajstić information content (AvgIpc) is 3.20. The fourth-order valence-corrected chi connectivity index (χ4v) is 3.03. The van der Waals surface area contributed by atoms with E-state index in [0.29, 0.717) is 25.7 Å². The molecule has 30 heavy (non-hydrogen) atoms. The van der Waals surface area contributed by atoms with Crippen LogP contribution in [0.25, 0.3) is 0 Å². The zero-order valence-corrected chi connectivity index (χ0v) is 16.5. The smallest absolute Gasteiger partial charge is 0.246 e. The molecule has 1 aliphatic rings. The number of anilines is 1. The lowest BCUT2D eigenvalue weighted by atomic mass is 10.1. The summed E-state index contributed by atoms with van der Waals surface area (Å²) >= 11 is 0. The van der Waals surface area contributed by atoms with E-state index in [9.17, 15) is 18.0 Å². The Hall–Kier alpha value is -3.23. The van der Waals surface area contributed by atoms with Gasteiger partial charge in [-0.3, -0.25) is 4.79 Å². The number of halogens is 3. The van der Waals surface area contributed by atoms with Gasteiger partial charge in [0.2, 0.25) is 5.91 Å². The van der Waals surface area contributed by atoms with Crippen LogP contribution >= 0.6 is 0 Å². The van der Waals surface area contributed by atoms with Gasteiger partial charge in [0.1, 0.15) is 12.3 Å². The summed E-state index contributed by atoms with van der Waals surface area (Å²) in [6.07, 6.45) is 1.66. The van der Waals surface area contributed by atoms with Gasteiger partial charge in [-0.1, -0.05) is 12.1 Å². The number of nitrogens with zero attached hydrogens (tertiary/aromatic N) is 1. The van der Waals surface area contributed by atoms with E-state index >= 15 is 0 Å². The molecular weight excluding hydrogens is 397 g/mol. The van der Waals surface area contributed by atoms with Gasteiger partial charge in [0.25, 0.3) is 0 Å². The normalized spacial score (nSPS) is 12.9. The van der Waals surface area contributed by atoms with Gasteiger partial charge in [0.05, 0.1) is 12.3 Å². The first-order chi connectivity index (χ1) is 14.5.